The molecule has 2 N–H and O–H groups in total. The number of pyridine rings is 3. The van der Waals surface area contributed by atoms with Crippen LogP contribution >= 0.6 is 0 Å². The Balaban J connectivity index is 1.52. The molecule has 0 aromatic carbocycles. The summed E-state index contributed by atoms with van der Waals surface area (Å²) >= 11 is 0. The molecule has 0 spiro atoms. The second-order valence-electron chi connectivity index (χ2n) is 7.58. The number of aromatic nitrogens is 8. The number of imidazole rings is 1. The summed E-state index contributed by atoms with van der Waals surface area (Å²) in [6.07, 6.45) is 11.1. The monoisotopic (exact) mass is 406 g/mol. The van der Waals surface area contributed by atoms with Gasteiger partial charge in [-0.1, -0.05) is 0 Å². The van der Waals surface area contributed by atoms with E-state index >= 15 is 0 Å². The van der Waals surface area contributed by atoms with Crippen molar-refractivity contribution in [3.05, 3.63) is 72.8 Å². The minimum absolute atomic E-state index is 0.799. The number of aromatic amines is 2. The predicted octanol–water partition coefficient (Wildman–Crippen LogP) is 4.37. The largest absolute Gasteiger partial charge is 0.338 e. The predicted molar refractivity (Wildman–Crippen MR) is 119 cm³/mol. The molecule has 0 aliphatic rings. The Morgan fingerprint density at radius 2 is 1.87 bits per heavy atom. The zero-order valence-corrected chi connectivity index (χ0v) is 17.0. The molecule has 6 aromatic heterocycles. The van der Waals surface area contributed by atoms with Crippen LogP contribution < -0.4 is 0 Å². The highest BCUT2D eigenvalue weighted by molar-refractivity contribution is 5.97. The Bertz CT molecular complexity index is 1570. The van der Waals surface area contributed by atoms with Crippen molar-refractivity contribution in [3.8, 4) is 28.3 Å². The standard InChI is InChI=1S/C23H18N8/c1-13-3-5-24-9-17(13)18-7-15-20(10-26-18)29-30-22(15)19-8-16-21(4-6-25-23(16)28-19)31-11-14(2)27-12-31/h3-12H,1-2H3,(H,25,28)(H,29,30). The summed E-state index contributed by atoms with van der Waals surface area (Å²) in [4.78, 5) is 21.1. The minimum atomic E-state index is 0.799. The van der Waals surface area contributed by atoms with E-state index in [1.807, 2.05) is 48.5 Å². The first-order valence-corrected chi connectivity index (χ1v) is 9.91. The van der Waals surface area contributed by atoms with Crippen LogP contribution in [0.1, 0.15) is 11.3 Å². The molecule has 0 atom stereocenters. The van der Waals surface area contributed by atoms with E-state index in [9.17, 15) is 0 Å². The fraction of sp³-hybridized carbons (Fsp3) is 0.0870. The fourth-order valence-electron chi connectivity index (χ4n) is 3.92. The van der Waals surface area contributed by atoms with Crippen molar-refractivity contribution in [1.29, 1.82) is 0 Å². The maximum atomic E-state index is 4.60. The van der Waals surface area contributed by atoms with Crippen LogP contribution in [0, 0.1) is 13.8 Å². The molecule has 0 aliphatic heterocycles. The van der Waals surface area contributed by atoms with Crippen LogP contribution in [0.25, 0.3) is 50.3 Å². The molecule has 0 aliphatic carbocycles. The lowest BCUT2D eigenvalue weighted by Crippen LogP contribution is -1.91. The van der Waals surface area contributed by atoms with Crippen LogP contribution in [-0.4, -0.2) is 39.7 Å². The van der Waals surface area contributed by atoms with Gasteiger partial charge in [0.2, 0.25) is 0 Å². The van der Waals surface area contributed by atoms with Gasteiger partial charge in [0.05, 0.1) is 40.8 Å². The molecule has 150 valence electrons. The zero-order chi connectivity index (χ0) is 20.9. The Hall–Kier alpha value is -4.33. The molecule has 0 unspecified atom stereocenters. The van der Waals surface area contributed by atoms with Gasteiger partial charge < -0.3 is 9.55 Å². The number of hydrogen-bond acceptors (Lipinski definition) is 5. The maximum Gasteiger partial charge on any atom is 0.139 e. The lowest BCUT2D eigenvalue weighted by Gasteiger charge is -2.04. The Morgan fingerprint density at radius 1 is 0.935 bits per heavy atom. The first-order chi connectivity index (χ1) is 15.2. The highest BCUT2D eigenvalue weighted by Crippen LogP contribution is 2.32. The van der Waals surface area contributed by atoms with Gasteiger partial charge in [-0.25, -0.2) is 9.97 Å². The number of nitrogens with one attached hydrogen (secondary N) is 2. The van der Waals surface area contributed by atoms with E-state index in [4.69, 9.17) is 0 Å². The highest BCUT2D eigenvalue weighted by Gasteiger charge is 2.16. The quantitative estimate of drug-likeness (QED) is 0.455. The topological polar surface area (TPSA) is 101 Å². The van der Waals surface area contributed by atoms with E-state index in [1.54, 1.807) is 12.4 Å². The second-order valence-corrected chi connectivity index (χ2v) is 7.58. The summed E-state index contributed by atoms with van der Waals surface area (Å²) in [6, 6.07) is 8.10. The van der Waals surface area contributed by atoms with Crippen LogP contribution in [0.2, 0.25) is 0 Å². The third-order valence-corrected chi connectivity index (χ3v) is 5.52. The van der Waals surface area contributed by atoms with Gasteiger partial charge in [-0.3, -0.25) is 15.1 Å². The Labute approximate surface area is 177 Å². The van der Waals surface area contributed by atoms with Crippen LogP contribution in [0.3, 0.4) is 0 Å². The summed E-state index contributed by atoms with van der Waals surface area (Å²) < 4.78 is 2.01. The van der Waals surface area contributed by atoms with Gasteiger partial charge in [-0.15, -0.1) is 0 Å². The van der Waals surface area contributed by atoms with Crippen molar-refractivity contribution in [3.63, 3.8) is 0 Å². The minimum Gasteiger partial charge on any atom is -0.338 e. The summed E-state index contributed by atoms with van der Waals surface area (Å²) in [7, 11) is 0. The molecule has 8 heteroatoms. The summed E-state index contributed by atoms with van der Waals surface area (Å²) in [5.74, 6) is 0. The molecule has 0 amide bonds. The van der Waals surface area contributed by atoms with E-state index < -0.39 is 0 Å². The highest BCUT2D eigenvalue weighted by atomic mass is 15.1. The van der Waals surface area contributed by atoms with Crippen LogP contribution in [0.5, 0.6) is 0 Å². The third kappa shape index (κ3) is 2.80. The molecule has 0 saturated heterocycles. The van der Waals surface area contributed by atoms with E-state index in [0.29, 0.717) is 0 Å². The van der Waals surface area contributed by atoms with E-state index in [-0.39, 0.29) is 0 Å². The average molecular weight is 406 g/mol. The molecule has 6 heterocycles. The number of hydrogen-bond donors (Lipinski definition) is 2. The number of rotatable bonds is 3. The molecule has 0 bridgehead atoms. The maximum absolute atomic E-state index is 4.60. The zero-order valence-electron chi connectivity index (χ0n) is 17.0. The van der Waals surface area contributed by atoms with Crippen LogP contribution in [-0.2, 0) is 0 Å². The van der Waals surface area contributed by atoms with Crippen molar-refractivity contribution in [2.45, 2.75) is 13.8 Å². The SMILES string of the molecule is Cc1cn(-c2ccnc3[nH]c(-c4n[nH]c5cnc(-c6cnccc6C)cc45)cc23)cn1. The Morgan fingerprint density at radius 3 is 2.71 bits per heavy atom. The van der Waals surface area contributed by atoms with Crippen molar-refractivity contribution in [2.24, 2.45) is 0 Å². The first kappa shape index (κ1) is 17.5. The molecule has 0 saturated carbocycles. The van der Waals surface area contributed by atoms with Crippen LogP contribution in [0.15, 0.2) is 61.6 Å². The number of aryl methyl sites for hydroxylation is 2. The van der Waals surface area contributed by atoms with Crippen LogP contribution in [0.4, 0.5) is 0 Å². The fourth-order valence-corrected chi connectivity index (χ4v) is 3.92. The van der Waals surface area contributed by atoms with Gasteiger partial charge in [0.1, 0.15) is 11.3 Å². The average Bonchev–Trinajstić information content (AvgIpc) is 3.50. The van der Waals surface area contributed by atoms with Crippen molar-refractivity contribution in [2.75, 3.05) is 0 Å². The first-order valence-electron chi connectivity index (χ1n) is 9.91. The molecular weight excluding hydrogens is 388 g/mol. The van der Waals surface area contributed by atoms with Gasteiger partial charge in [0.25, 0.3) is 0 Å². The number of H-pyrrole nitrogens is 2. The number of nitrogens with zero attached hydrogens (tertiary/aromatic N) is 6. The van der Waals surface area contributed by atoms with Crippen molar-refractivity contribution in [1.82, 2.24) is 39.7 Å². The van der Waals surface area contributed by atoms with Gasteiger partial charge in [0, 0.05) is 41.1 Å². The molecule has 6 rings (SSSR count). The second kappa shape index (κ2) is 6.60. The van der Waals surface area contributed by atoms with Gasteiger partial charge >= 0.3 is 0 Å². The summed E-state index contributed by atoms with van der Waals surface area (Å²) in [5.41, 5.74) is 8.36. The van der Waals surface area contributed by atoms with Crippen molar-refractivity contribution < 1.29 is 0 Å². The lowest BCUT2D eigenvalue weighted by atomic mass is 10.1. The lowest BCUT2D eigenvalue weighted by molar-refractivity contribution is 1.06. The van der Waals surface area contributed by atoms with E-state index in [1.165, 1.54) is 0 Å². The molecule has 0 fully saturated rings. The molecule has 31 heavy (non-hydrogen) atoms. The van der Waals surface area contributed by atoms with E-state index in [2.05, 4.69) is 54.2 Å². The Kier molecular flexibility index (Phi) is 3.73. The third-order valence-electron chi connectivity index (χ3n) is 5.52. The molecular formula is C23H18N8. The summed E-state index contributed by atoms with van der Waals surface area (Å²) in [5, 5.41) is 9.65. The molecule has 6 aromatic rings. The van der Waals surface area contributed by atoms with Gasteiger partial charge in [-0.2, -0.15) is 5.10 Å². The van der Waals surface area contributed by atoms with Gasteiger partial charge in [0.15, 0.2) is 0 Å². The summed E-state index contributed by atoms with van der Waals surface area (Å²) in [6.45, 7) is 4.03. The van der Waals surface area contributed by atoms with Crippen molar-refractivity contribution >= 4 is 21.9 Å². The number of fused-ring (bicyclic) bond motifs is 2. The molecule has 0 radical (unpaired) electrons. The van der Waals surface area contributed by atoms with E-state index in [0.717, 1.165) is 61.5 Å². The molecule has 8 nitrogen and oxygen atoms in total. The smallest absolute Gasteiger partial charge is 0.139 e. The normalized spacial score (nSPS) is 11.5. The van der Waals surface area contributed by atoms with Gasteiger partial charge in [-0.05, 0) is 43.7 Å².